The molecule has 128 valence electrons. The highest BCUT2D eigenvalue weighted by Crippen LogP contribution is 2.32. The number of halogens is 4. The number of rotatable bonds is 3. The second-order valence-electron chi connectivity index (χ2n) is 5.28. The third-order valence-electron chi connectivity index (χ3n) is 3.84. The zero-order valence-electron chi connectivity index (χ0n) is 12.0. The molecule has 9 heteroatoms. The Morgan fingerprint density at radius 2 is 1.87 bits per heavy atom. The molecule has 1 saturated heterocycles. The van der Waals surface area contributed by atoms with Crippen LogP contribution in [0.5, 0.6) is 0 Å². The van der Waals surface area contributed by atoms with Crippen LogP contribution >= 0.6 is 11.6 Å². The van der Waals surface area contributed by atoms with Crippen LogP contribution in [0.15, 0.2) is 29.2 Å². The molecule has 1 aliphatic rings. The molecule has 0 aromatic heterocycles. The van der Waals surface area contributed by atoms with E-state index in [0.29, 0.717) is 6.07 Å². The van der Waals surface area contributed by atoms with Crippen LogP contribution in [0.1, 0.15) is 18.4 Å². The molecule has 4 nitrogen and oxygen atoms in total. The lowest BCUT2D eigenvalue weighted by Gasteiger charge is -2.31. The Hall–Kier alpha value is -1.28. The van der Waals surface area contributed by atoms with E-state index in [0.717, 1.165) is 12.1 Å². The van der Waals surface area contributed by atoms with Crippen molar-refractivity contribution in [2.24, 2.45) is 0 Å². The van der Waals surface area contributed by atoms with Crippen LogP contribution in [0, 0.1) is 0 Å². The fourth-order valence-electron chi connectivity index (χ4n) is 2.54. The van der Waals surface area contributed by atoms with Gasteiger partial charge in [-0.2, -0.15) is 13.2 Å². The third-order valence-corrected chi connectivity index (χ3v) is 6.33. The summed E-state index contributed by atoms with van der Waals surface area (Å²) in [5.74, 6) is -0.452. The summed E-state index contributed by atoms with van der Waals surface area (Å²) in [6.45, 7) is 0.461. The van der Waals surface area contributed by atoms with Gasteiger partial charge >= 0.3 is 6.18 Å². The lowest BCUT2D eigenvalue weighted by atomic mass is 10.1. The van der Waals surface area contributed by atoms with Gasteiger partial charge < -0.3 is 4.90 Å². The van der Waals surface area contributed by atoms with E-state index in [1.807, 2.05) is 0 Å². The van der Waals surface area contributed by atoms with Crippen molar-refractivity contribution in [3.05, 3.63) is 29.8 Å². The minimum atomic E-state index is -4.60. The molecule has 0 bridgehead atoms. The van der Waals surface area contributed by atoms with Crippen LogP contribution in [-0.4, -0.2) is 43.4 Å². The minimum absolute atomic E-state index is 0.176. The van der Waals surface area contributed by atoms with E-state index in [9.17, 15) is 26.4 Å². The Bertz CT molecular complexity index is 683. The summed E-state index contributed by atoms with van der Waals surface area (Å²) >= 11 is 5.45. The molecule has 1 fully saturated rings. The molecule has 0 radical (unpaired) electrons. The van der Waals surface area contributed by atoms with Gasteiger partial charge in [-0.25, -0.2) is 8.42 Å². The van der Waals surface area contributed by atoms with Crippen LogP contribution in [0.3, 0.4) is 0 Å². The summed E-state index contributed by atoms with van der Waals surface area (Å²) in [6.07, 6.45) is -4.23. The molecule has 1 amide bonds. The van der Waals surface area contributed by atoms with Gasteiger partial charge in [0.05, 0.1) is 15.7 Å². The average Bonchev–Trinajstić information content (AvgIpc) is 2.53. The van der Waals surface area contributed by atoms with Crippen molar-refractivity contribution < 1.29 is 26.4 Å². The first-order valence-electron chi connectivity index (χ1n) is 6.91. The maximum atomic E-state index is 12.7. The van der Waals surface area contributed by atoms with Gasteiger partial charge in [-0.15, -0.1) is 11.6 Å². The van der Waals surface area contributed by atoms with Crippen molar-refractivity contribution in [3.63, 3.8) is 0 Å². The second kappa shape index (κ2) is 6.68. The fraction of sp³-hybridized carbons (Fsp3) is 0.500. The summed E-state index contributed by atoms with van der Waals surface area (Å²) in [7, 11) is -3.87. The third kappa shape index (κ3) is 3.98. The summed E-state index contributed by atoms with van der Waals surface area (Å²) in [6, 6.07) is 3.75. The predicted molar refractivity (Wildman–Crippen MR) is 79.0 cm³/mol. The fourth-order valence-corrected chi connectivity index (χ4v) is 4.49. The van der Waals surface area contributed by atoms with E-state index in [2.05, 4.69) is 0 Å². The molecular weight excluding hydrogens is 355 g/mol. The van der Waals surface area contributed by atoms with Gasteiger partial charge in [0, 0.05) is 13.1 Å². The van der Waals surface area contributed by atoms with E-state index >= 15 is 0 Å². The predicted octanol–water partition coefficient (Wildman–Crippen LogP) is 2.71. The van der Waals surface area contributed by atoms with Crippen molar-refractivity contribution in [3.8, 4) is 0 Å². The maximum absolute atomic E-state index is 12.7. The largest absolute Gasteiger partial charge is 0.416 e. The quantitative estimate of drug-likeness (QED) is 0.770. The molecule has 0 N–H and O–H groups in total. The Morgan fingerprint density at radius 3 is 2.39 bits per heavy atom. The van der Waals surface area contributed by atoms with E-state index in [-0.39, 0.29) is 42.6 Å². The van der Waals surface area contributed by atoms with Gasteiger partial charge in [0.1, 0.15) is 5.88 Å². The first-order chi connectivity index (χ1) is 10.7. The molecule has 0 aliphatic carbocycles. The Kier molecular flexibility index (Phi) is 5.25. The number of hydrogen-bond donors (Lipinski definition) is 0. The molecule has 0 atom stereocenters. The maximum Gasteiger partial charge on any atom is 0.416 e. The number of likely N-dealkylation sites (tertiary alicyclic amines) is 1. The highest BCUT2D eigenvalue weighted by molar-refractivity contribution is 7.92. The van der Waals surface area contributed by atoms with Crippen molar-refractivity contribution in [2.75, 3.05) is 19.0 Å². The SMILES string of the molecule is O=C(CCl)N1CCC(S(=O)(=O)c2cccc(C(F)(F)F)c2)CC1. The molecule has 0 unspecified atom stereocenters. The van der Waals surface area contributed by atoms with E-state index < -0.39 is 26.8 Å². The van der Waals surface area contributed by atoms with Crippen molar-refractivity contribution in [1.82, 2.24) is 4.90 Å². The van der Waals surface area contributed by atoms with Crippen LogP contribution < -0.4 is 0 Å². The number of carbonyl (C=O) groups is 1. The molecule has 2 rings (SSSR count). The second-order valence-corrected chi connectivity index (χ2v) is 7.78. The number of hydrogen-bond acceptors (Lipinski definition) is 3. The molecule has 23 heavy (non-hydrogen) atoms. The topological polar surface area (TPSA) is 54.5 Å². The monoisotopic (exact) mass is 369 g/mol. The Morgan fingerprint density at radius 1 is 1.26 bits per heavy atom. The van der Waals surface area contributed by atoms with E-state index in [1.165, 1.54) is 11.0 Å². The van der Waals surface area contributed by atoms with Gasteiger partial charge in [0.25, 0.3) is 0 Å². The molecule has 1 aromatic rings. The Labute approximate surface area is 137 Å². The summed E-state index contributed by atoms with van der Waals surface area (Å²) in [5, 5.41) is -0.801. The van der Waals surface area contributed by atoms with Gasteiger partial charge in [-0.3, -0.25) is 4.79 Å². The highest BCUT2D eigenvalue weighted by atomic mass is 35.5. The van der Waals surface area contributed by atoms with E-state index in [4.69, 9.17) is 11.6 Å². The first kappa shape index (κ1) is 18.1. The normalized spacial score (nSPS) is 17.3. The molecule has 1 aromatic carbocycles. The van der Waals surface area contributed by atoms with Crippen LogP contribution in [-0.2, 0) is 20.8 Å². The molecular formula is C14H15ClF3NO3S. The standard InChI is InChI=1S/C14H15ClF3NO3S/c15-9-13(20)19-6-4-11(5-7-19)23(21,22)12-3-1-2-10(8-12)14(16,17)18/h1-3,8,11H,4-7,9H2. The highest BCUT2D eigenvalue weighted by Gasteiger charge is 2.35. The van der Waals surface area contributed by atoms with Crippen molar-refractivity contribution in [1.29, 1.82) is 0 Å². The summed E-state index contributed by atoms with van der Waals surface area (Å²) < 4.78 is 63.2. The number of alkyl halides is 4. The number of sulfone groups is 1. The van der Waals surface area contributed by atoms with Gasteiger partial charge in [-0.05, 0) is 31.0 Å². The molecule has 0 saturated carbocycles. The number of piperidine rings is 1. The van der Waals surface area contributed by atoms with Crippen molar-refractivity contribution in [2.45, 2.75) is 29.2 Å². The van der Waals surface area contributed by atoms with Crippen LogP contribution in [0.25, 0.3) is 0 Å². The smallest absolute Gasteiger partial charge is 0.342 e. The number of nitrogens with zero attached hydrogens (tertiary/aromatic N) is 1. The molecule has 1 aliphatic heterocycles. The Balaban J connectivity index is 2.19. The lowest BCUT2D eigenvalue weighted by molar-refractivity contribution is -0.137. The van der Waals surface area contributed by atoms with Gasteiger partial charge in [0.15, 0.2) is 9.84 Å². The molecule has 1 heterocycles. The number of benzene rings is 1. The zero-order valence-corrected chi connectivity index (χ0v) is 13.6. The van der Waals surface area contributed by atoms with Crippen molar-refractivity contribution >= 4 is 27.3 Å². The van der Waals surface area contributed by atoms with Gasteiger partial charge in [-0.1, -0.05) is 6.07 Å². The van der Waals surface area contributed by atoms with E-state index in [1.54, 1.807) is 0 Å². The zero-order chi connectivity index (χ0) is 17.3. The van der Waals surface area contributed by atoms with Crippen LogP contribution in [0.4, 0.5) is 13.2 Å². The summed E-state index contributed by atoms with van der Waals surface area (Å²) in [4.78, 5) is 12.6. The first-order valence-corrected chi connectivity index (χ1v) is 8.99. The number of carbonyl (C=O) groups excluding carboxylic acids is 1. The minimum Gasteiger partial charge on any atom is -0.342 e. The summed E-state index contributed by atoms with van der Waals surface area (Å²) in [5.41, 5.74) is -0.992. The van der Waals surface area contributed by atoms with Crippen LogP contribution in [0.2, 0.25) is 0 Å². The number of amides is 1. The molecule has 0 spiro atoms. The lowest BCUT2D eigenvalue weighted by Crippen LogP contribution is -2.43. The average molecular weight is 370 g/mol. The van der Waals surface area contributed by atoms with Gasteiger partial charge in [0.2, 0.25) is 5.91 Å².